The largest absolute Gasteiger partial charge is 0.489 e. The van der Waals surface area contributed by atoms with Crippen molar-refractivity contribution in [3.63, 3.8) is 0 Å². The first-order valence-electron chi connectivity index (χ1n) is 7.72. The van der Waals surface area contributed by atoms with Crippen molar-refractivity contribution in [2.24, 2.45) is 5.10 Å². The summed E-state index contributed by atoms with van der Waals surface area (Å²) < 4.78 is 5.77. The monoisotopic (exact) mass is 422 g/mol. The highest BCUT2D eigenvalue weighted by Crippen LogP contribution is 2.23. The number of nitrogens with one attached hydrogen (secondary N) is 2. The molecule has 27 heavy (non-hydrogen) atoms. The lowest BCUT2D eigenvalue weighted by atomic mass is 10.2. The first-order valence-corrected chi connectivity index (χ1v) is 8.85. The topological polar surface area (TPSA) is 79.4 Å². The zero-order valence-corrected chi connectivity index (χ0v) is 16.0. The fraction of sp³-hybridized carbons (Fsp3) is 0.0556. The Morgan fingerprint density at radius 2 is 2.00 bits per heavy atom. The number of hydrazone groups is 1. The summed E-state index contributed by atoms with van der Waals surface area (Å²) in [6.45, 7) is 0.351. The molecule has 0 atom stereocenters. The lowest BCUT2D eigenvalue weighted by Crippen LogP contribution is -2.10. The van der Waals surface area contributed by atoms with Crippen molar-refractivity contribution >= 4 is 46.7 Å². The van der Waals surface area contributed by atoms with Gasteiger partial charge in [-0.05, 0) is 35.4 Å². The molecule has 6 nitrogen and oxygen atoms in total. The zero-order valence-electron chi connectivity index (χ0n) is 13.7. The minimum absolute atomic E-state index is 0.0131. The molecule has 0 bridgehead atoms. The van der Waals surface area contributed by atoms with Crippen LogP contribution in [0, 0.1) is 0 Å². The van der Waals surface area contributed by atoms with Gasteiger partial charge in [0.05, 0.1) is 22.5 Å². The van der Waals surface area contributed by atoms with Gasteiger partial charge in [0.1, 0.15) is 23.1 Å². The van der Waals surface area contributed by atoms with Gasteiger partial charge in [0.25, 0.3) is 5.56 Å². The smallest absolute Gasteiger partial charge is 0.285 e. The third kappa shape index (κ3) is 5.23. The van der Waals surface area contributed by atoms with Gasteiger partial charge in [-0.3, -0.25) is 10.2 Å². The number of rotatable bonds is 6. The summed E-state index contributed by atoms with van der Waals surface area (Å²) in [7, 11) is 0. The molecule has 0 fully saturated rings. The molecule has 0 radical (unpaired) electrons. The summed E-state index contributed by atoms with van der Waals surface area (Å²) in [6.07, 6.45) is 2.95. The van der Waals surface area contributed by atoms with Crippen LogP contribution in [0.3, 0.4) is 0 Å². The minimum atomic E-state index is -0.491. The molecular weight excluding hydrogens is 411 g/mol. The minimum Gasteiger partial charge on any atom is -0.489 e. The standard InChI is InChI=1S/C18H13Cl3N4O2/c19-14-5-4-12(7-15(14)20)10-27-13-3-1-2-11(6-13)8-22-24-16-9-23-25-18(26)17(16)21/h1-9H,10H2,(H2,24,25,26)/b22-8+. The van der Waals surface area contributed by atoms with Crippen LogP contribution in [0.5, 0.6) is 5.75 Å². The van der Waals surface area contributed by atoms with E-state index in [9.17, 15) is 4.79 Å². The first-order chi connectivity index (χ1) is 13.0. The van der Waals surface area contributed by atoms with Crippen LogP contribution < -0.4 is 15.7 Å². The Bertz CT molecular complexity index is 1040. The average molecular weight is 424 g/mol. The molecule has 9 heteroatoms. The van der Waals surface area contributed by atoms with Crippen molar-refractivity contribution in [2.75, 3.05) is 5.43 Å². The van der Waals surface area contributed by atoms with E-state index in [0.29, 0.717) is 28.1 Å². The van der Waals surface area contributed by atoms with E-state index < -0.39 is 5.56 Å². The fourth-order valence-corrected chi connectivity index (χ4v) is 2.57. The van der Waals surface area contributed by atoms with Crippen molar-refractivity contribution in [1.29, 1.82) is 0 Å². The maximum atomic E-state index is 11.4. The highest BCUT2D eigenvalue weighted by Gasteiger charge is 2.03. The second kappa shape index (κ2) is 8.90. The third-order valence-corrected chi connectivity index (χ3v) is 4.56. The van der Waals surface area contributed by atoms with Gasteiger partial charge in [0.15, 0.2) is 0 Å². The van der Waals surface area contributed by atoms with Gasteiger partial charge in [0, 0.05) is 0 Å². The Hall–Kier alpha value is -2.54. The number of hydrogen-bond acceptors (Lipinski definition) is 5. The van der Waals surface area contributed by atoms with Gasteiger partial charge in [-0.1, -0.05) is 53.0 Å². The number of benzene rings is 2. The third-order valence-electron chi connectivity index (χ3n) is 3.44. The second-order valence-electron chi connectivity index (χ2n) is 5.41. The van der Waals surface area contributed by atoms with Gasteiger partial charge in [0.2, 0.25) is 0 Å². The Labute approximate surface area is 169 Å². The van der Waals surface area contributed by atoms with Gasteiger partial charge < -0.3 is 4.74 Å². The number of halogens is 3. The molecule has 0 aliphatic heterocycles. The summed E-state index contributed by atoms with van der Waals surface area (Å²) >= 11 is 17.8. The molecule has 3 aromatic rings. The van der Waals surface area contributed by atoms with Crippen LogP contribution in [0.4, 0.5) is 5.69 Å². The molecule has 138 valence electrons. The molecule has 1 aromatic heterocycles. The molecule has 3 rings (SSSR count). The van der Waals surface area contributed by atoms with Gasteiger partial charge in [-0.25, -0.2) is 5.10 Å². The van der Waals surface area contributed by atoms with Crippen molar-refractivity contribution in [3.05, 3.63) is 85.2 Å². The highest BCUT2D eigenvalue weighted by atomic mass is 35.5. The predicted octanol–water partition coefficient (Wildman–Crippen LogP) is 4.76. The molecule has 0 amide bonds. The SMILES string of the molecule is O=c1[nH]ncc(N/N=C/c2cccc(OCc3ccc(Cl)c(Cl)c3)c2)c1Cl. The molecule has 2 aromatic carbocycles. The van der Waals surface area contributed by atoms with E-state index in [-0.39, 0.29) is 5.02 Å². The van der Waals surface area contributed by atoms with E-state index in [1.54, 1.807) is 18.3 Å². The molecule has 0 unspecified atom stereocenters. The van der Waals surface area contributed by atoms with E-state index in [4.69, 9.17) is 39.5 Å². The summed E-state index contributed by atoms with van der Waals surface area (Å²) in [4.78, 5) is 11.4. The maximum absolute atomic E-state index is 11.4. The lowest BCUT2D eigenvalue weighted by Gasteiger charge is -2.08. The van der Waals surface area contributed by atoms with Crippen molar-refractivity contribution in [3.8, 4) is 5.75 Å². The molecule has 0 spiro atoms. The zero-order chi connectivity index (χ0) is 19.2. The quantitative estimate of drug-likeness (QED) is 0.443. The molecule has 0 saturated carbocycles. The maximum Gasteiger partial charge on any atom is 0.285 e. The van der Waals surface area contributed by atoms with E-state index in [2.05, 4.69) is 20.7 Å². The number of hydrogen-bond donors (Lipinski definition) is 2. The Morgan fingerprint density at radius 1 is 1.15 bits per heavy atom. The Balaban J connectivity index is 1.63. The number of anilines is 1. The van der Waals surface area contributed by atoms with Crippen LogP contribution in [0.2, 0.25) is 15.1 Å². The summed E-state index contributed by atoms with van der Waals surface area (Å²) in [6, 6.07) is 12.7. The Morgan fingerprint density at radius 3 is 2.81 bits per heavy atom. The van der Waals surface area contributed by atoms with Crippen LogP contribution in [-0.4, -0.2) is 16.4 Å². The normalized spacial score (nSPS) is 10.9. The van der Waals surface area contributed by atoms with E-state index >= 15 is 0 Å². The molecule has 2 N–H and O–H groups in total. The first kappa shape index (κ1) is 19.2. The van der Waals surface area contributed by atoms with Crippen molar-refractivity contribution in [1.82, 2.24) is 10.2 Å². The van der Waals surface area contributed by atoms with Crippen molar-refractivity contribution < 1.29 is 4.74 Å². The van der Waals surface area contributed by atoms with E-state index in [1.807, 2.05) is 30.3 Å². The summed E-state index contributed by atoms with van der Waals surface area (Å²) in [5.74, 6) is 0.667. The number of aromatic amines is 1. The number of nitrogens with zero attached hydrogens (tertiary/aromatic N) is 2. The van der Waals surface area contributed by atoms with E-state index in [1.165, 1.54) is 6.20 Å². The number of H-pyrrole nitrogens is 1. The van der Waals surface area contributed by atoms with Gasteiger partial charge in [-0.15, -0.1) is 0 Å². The molecule has 0 aliphatic rings. The van der Waals surface area contributed by atoms with Crippen LogP contribution >= 0.6 is 34.8 Å². The molecular formula is C18H13Cl3N4O2. The number of ether oxygens (including phenoxy) is 1. The van der Waals surface area contributed by atoms with E-state index in [0.717, 1.165) is 11.1 Å². The summed E-state index contributed by atoms with van der Waals surface area (Å²) in [5.41, 5.74) is 4.19. The van der Waals surface area contributed by atoms with Gasteiger partial charge >= 0.3 is 0 Å². The highest BCUT2D eigenvalue weighted by molar-refractivity contribution is 6.42. The van der Waals surface area contributed by atoms with Crippen LogP contribution in [0.15, 0.2) is 58.6 Å². The van der Waals surface area contributed by atoms with Crippen LogP contribution in [-0.2, 0) is 6.61 Å². The predicted molar refractivity (Wildman–Crippen MR) is 108 cm³/mol. The second-order valence-corrected chi connectivity index (χ2v) is 6.60. The molecule has 1 heterocycles. The molecule has 0 aliphatic carbocycles. The fourth-order valence-electron chi connectivity index (χ4n) is 2.12. The molecule has 0 saturated heterocycles. The lowest BCUT2D eigenvalue weighted by molar-refractivity contribution is 0.306. The Kier molecular flexibility index (Phi) is 6.34. The average Bonchev–Trinajstić information content (AvgIpc) is 2.66. The van der Waals surface area contributed by atoms with Gasteiger partial charge in [-0.2, -0.15) is 10.2 Å². The summed E-state index contributed by atoms with van der Waals surface area (Å²) in [5, 5.41) is 10.9. The number of aromatic nitrogens is 2. The van der Waals surface area contributed by atoms with Crippen molar-refractivity contribution in [2.45, 2.75) is 6.61 Å². The van der Waals surface area contributed by atoms with Crippen LogP contribution in [0.1, 0.15) is 11.1 Å². The van der Waals surface area contributed by atoms with Crippen LogP contribution in [0.25, 0.3) is 0 Å².